The second kappa shape index (κ2) is 4.88. The molecular weight excluding hydrogens is 236 g/mol. The van der Waals surface area contributed by atoms with Gasteiger partial charge in [-0.3, -0.25) is 4.79 Å². The fourth-order valence-electron chi connectivity index (χ4n) is 2.61. The van der Waals surface area contributed by atoms with E-state index in [0.29, 0.717) is 12.2 Å². The average molecular weight is 252 g/mol. The van der Waals surface area contributed by atoms with Crippen LogP contribution in [0.4, 0.5) is 0 Å². The molecule has 0 N–H and O–H groups in total. The van der Waals surface area contributed by atoms with Crippen LogP contribution in [0.25, 0.3) is 0 Å². The monoisotopic (exact) mass is 252 g/mol. The first-order valence-corrected chi connectivity index (χ1v) is 6.66. The molecule has 0 amide bonds. The molecule has 1 atom stereocenters. The molecule has 2 heteroatoms. The maximum atomic E-state index is 11.7. The van der Waals surface area contributed by atoms with Crippen LogP contribution in [0.3, 0.4) is 0 Å². The van der Waals surface area contributed by atoms with Crippen molar-refractivity contribution in [3.8, 4) is 5.75 Å². The first-order chi connectivity index (χ1) is 9.28. The first-order valence-electron chi connectivity index (χ1n) is 6.66. The van der Waals surface area contributed by atoms with Crippen molar-refractivity contribution in [3.63, 3.8) is 0 Å². The minimum atomic E-state index is -0.148. The highest BCUT2D eigenvalue weighted by Crippen LogP contribution is 2.39. The van der Waals surface area contributed by atoms with Crippen LogP contribution in [0, 0.1) is 0 Å². The lowest BCUT2D eigenvalue weighted by atomic mass is 9.85. The fourth-order valence-corrected chi connectivity index (χ4v) is 2.61. The number of fused-ring (bicyclic) bond motifs is 1. The summed E-state index contributed by atoms with van der Waals surface area (Å²) in [5.41, 5.74) is 3.58. The molecule has 0 radical (unpaired) electrons. The van der Waals surface area contributed by atoms with E-state index >= 15 is 0 Å². The number of esters is 1. The molecule has 1 aliphatic rings. The molecule has 0 fully saturated rings. The van der Waals surface area contributed by atoms with Crippen molar-refractivity contribution in [2.24, 2.45) is 0 Å². The summed E-state index contributed by atoms with van der Waals surface area (Å²) in [7, 11) is 0. The lowest BCUT2D eigenvalue weighted by Crippen LogP contribution is -2.21. The van der Waals surface area contributed by atoms with Crippen LogP contribution in [0.2, 0.25) is 0 Å². The van der Waals surface area contributed by atoms with Gasteiger partial charge in [0.1, 0.15) is 5.75 Å². The summed E-state index contributed by atoms with van der Waals surface area (Å²) in [6.07, 6.45) is 1.41. The highest BCUT2D eigenvalue weighted by molar-refractivity contribution is 5.77. The summed E-state index contributed by atoms with van der Waals surface area (Å²) in [4.78, 5) is 11.7. The maximum absolute atomic E-state index is 11.7. The topological polar surface area (TPSA) is 26.3 Å². The van der Waals surface area contributed by atoms with Crippen molar-refractivity contribution in [3.05, 3.63) is 65.2 Å². The molecule has 19 heavy (non-hydrogen) atoms. The summed E-state index contributed by atoms with van der Waals surface area (Å²) in [6, 6.07) is 16.3. The van der Waals surface area contributed by atoms with E-state index in [1.807, 2.05) is 30.3 Å². The SMILES string of the molecule is CCc1ccc2c(c1)C(c1ccccc1)CC(=O)O2. The summed E-state index contributed by atoms with van der Waals surface area (Å²) in [5.74, 6) is 0.678. The van der Waals surface area contributed by atoms with Crippen molar-refractivity contribution in [2.45, 2.75) is 25.7 Å². The van der Waals surface area contributed by atoms with Crippen LogP contribution in [0.5, 0.6) is 5.75 Å². The molecule has 2 aromatic rings. The Bertz CT molecular complexity index is 602. The third-order valence-electron chi connectivity index (χ3n) is 3.65. The zero-order chi connectivity index (χ0) is 13.2. The quantitative estimate of drug-likeness (QED) is 0.602. The average Bonchev–Trinajstić information content (AvgIpc) is 2.47. The molecule has 0 bridgehead atoms. The first kappa shape index (κ1) is 12.0. The van der Waals surface area contributed by atoms with E-state index in [0.717, 1.165) is 12.0 Å². The van der Waals surface area contributed by atoms with Crippen LogP contribution < -0.4 is 4.74 Å². The highest BCUT2D eigenvalue weighted by atomic mass is 16.5. The summed E-state index contributed by atoms with van der Waals surface area (Å²) in [5, 5.41) is 0. The second-order valence-electron chi connectivity index (χ2n) is 4.87. The predicted octanol–water partition coefficient (Wildman–Crippen LogP) is 3.69. The van der Waals surface area contributed by atoms with Gasteiger partial charge in [0, 0.05) is 11.5 Å². The van der Waals surface area contributed by atoms with Gasteiger partial charge < -0.3 is 4.74 Å². The van der Waals surface area contributed by atoms with Crippen molar-refractivity contribution >= 4 is 5.97 Å². The van der Waals surface area contributed by atoms with E-state index in [1.54, 1.807) is 0 Å². The Morgan fingerprint density at radius 1 is 1.16 bits per heavy atom. The Hall–Kier alpha value is -2.09. The van der Waals surface area contributed by atoms with Crippen molar-refractivity contribution < 1.29 is 9.53 Å². The van der Waals surface area contributed by atoms with Gasteiger partial charge in [-0.15, -0.1) is 0 Å². The minimum absolute atomic E-state index is 0.115. The lowest BCUT2D eigenvalue weighted by Gasteiger charge is -2.25. The number of carbonyl (C=O) groups is 1. The van der Waals surface area contributed by atoms with Gasteiger partial charge >= 0.3 is 5.97 Å². The van der Waals surface area contributed by atoms with Gasteiger partial charge in [-0.2, -0.15) is 0 Å². The Morgan fingerprint density at radius 2 is 1.95 bits per heavy atom. The van der Waals surface area contributed by atoms with Crippen LogP contribution >= 0.6 is 0 Å². The molecule has 2 aromatic carbocycles. The number of carbonyl (C=O) groups excluding carboxylic acids is 1. The van der Waals surface area contributed by atoms with Gasteiger partial charge in [-0.05, 0) is 23.6 Å². The Balaban J connectivity index is 2.10. The van der Waals surface area contributed by atoms with Crippen molar-refractivity contribution in [1.82, 2.24) is 0 Å². The van der Waals surface area contributed by atoms with Gasteiger partial charge in [0.2, 0.25) is 0 Å². The second-order valence-corrected chi connectivity index (χ2v) is 4.87. The highest BCUT2D eigenvalue weighted by Gasteiger charge is 2.28. The van der Waals surface area contributed by atoms with Crippen LogP contribution in [0.1, 0.15) is 36.0 Å². The van der Waals surface area contributed by atoms with Gasteiger partial charge in [-0.1, -0.05) is 49.4 Å². The summed E-state index contributed by atoms with van der Waals surface area (Å²) >= 11 is 0. The summed E-state index contributed by atoms with van der Waals surface area (Å²) in [6.45, 7) is 2.13. The standard InChI is InChI=1S/C17H16O2/c1-2-12-8-9-16-15(10-12)14(11-17(18)19-16)13-6-4-3-5-7-13/h3-10,14H,2,11H2,1H3. The van der Waals surface area contributed by atoms with Gasteiger partial charge in [0.05, 0.1) is 6.42 Å². The summed E-state index contributed by atoms with van der Waals surface area (Å²) < 4.78 is 5.34. The Labute approximate surface area is 113 Å². The van der Waals surface area contributed by atoms with Gasteiger partial charge in [0.25, 0.3) is 0 Å². The molecule has 2 nitrogen and oxygen atoms in total. The molecule has 0 aliphatic carbocycles. The van der Waals surface area contributed by atoms with Gasteiger partial charge in [-0.25, -0.2) is 0 Å². The van der Waals surface area contributed by atoms with E-state index in [9.17, 15) is 4.79 Å². The molecule has 1 heterocycles. The van der Waals surface area contributed by atoms with E-state index < -0.39 is 0 Å². The molecule has 0 aromatic heterocycles. The molecular formula is C17H16O2. The molecule has 96 valence electrons. The molecule has 0 spiro atoms. The number of benzene rings is 2. The smallest absolute Gasteiger partial charge is 0.312 e. The maximum Gasteiger partial charge on any atom is 0.312 e. The minimum Gasteiger partial charge on any atom is -0.426 e. The molecule has 1 unspecified atom stereocenters. The molecule has 1 aliphatic heterocycles. The number of hydrogen-bond acceptors (Lipinski definition) is 2. The number of aryl methyl sites for hydroxylation is 1. The van der Waals surface area contributed by atoms with E-state index in [1.165, 1.54) is 11.1 Å². The number of hydrogen-bond donors (Lipinski definition) is 0. The van der Waals surface area contributed by atoms with Crippen LogP contribution in [-0.2, 0) is 11.2 Å². The van der Waals surface area contributed by atoms with E-state index in [2.05, 4.69) is 25.1 Å². The van der Waals surface area contributed by atoms with Crippen LogP contribution in [0.15, 0.2) is 48.5 Å². The normalized spacial score (nSPS) is 17.7. The molecule has 3 rings (SSSR count). The largest absolute Gasteiger partial charge is 0.426 e. The third-order valence-corrected chi connectivity index (χ3v) is 3.65. The van der Waals surface area contributed by atoms with Crippen molar-refractivity contribution in [1.29, 1.82) is 0 Å². The Kier molecular flexibility index (Phi) is 3.08. The van der Waals surface area contributed by atoms with Crippen LogP contribution in [-0.4, -0.2) is 5.97 Å². The zero-order valence-electron chi connectivity index (χ0n) is 10.9. The Morgan fingerprint density at radius 3 is 2.68 bits per heavy atom. The zero-order valence-corrected chi connectivity index (χ0v) is 10.9. The van der Waals surface area contributed by atoms with E-state index in [-0.39, 0.29) is 11.9 Å². The predicted molar refractivity (Wildman–Crippen MR) is 74.4 cm³/mol. The van der Waals surface area contributed by atoms with E-state index in [4.69, 9.17) is 4.74 Å². The lowest BCUT2D eigenvalue weighted by molar-refractivity contribution is -0.135. The number of rotatable bonds is 2. The molecule has 0 saturated carbocycles. The third kappa shape index (κ3) is 2.26. The molecule has 0 saturated heterocycles. The van der Waals surface area contributed by atoms with Gasteiger partial charge in [0.15, 0.2) is 0 Å². The fraction of sp³-hybridized carbons (Fsp3) is 0.235. The number of ether oxygens (including phenoxy) is 1. The van der Waals surface area contributed by atoms with Crippen molar-refractivity contribution in [2.75, 3.05) is 0 Å².